The molecule has 76 valence electrons. The Hall–Kier alpha value is -0.800. The standard InChI is InChI=1S/C11H14BrNO/c1-3-6-13(2)11-5-4-10(12)7-9(11)8-14/h3-5,7,14H,1,6,8H2,2H3. The van der Waals surface area contributed by atoms with Gasteiger partial charge in [-0.2, -0.15) is 0 Å². The largest absolute Gasteiger partial charge is 0.392 e. The van der Waals surface area contributed by atoms with Crippen molar-refractivity contribution in [1.82, 2.24) is 0 Å². The molecule has 3 heteroatoms. The molecule has 0 spiro atoms. The topological polar surface area (TPSA) is 23.5 Å². The zero-order valence-corrected chi connectivity index (χ0v) is 9.79. The maximum Gasteiger partial charge on any atom is 0.0702 e. The van der Waals surface area contributed by atoms with E-state index in [0.717, 1.165) is 22.3 Å². The molecule has 14 heavy (non-hydrogen) atoms. The van der Waals surface area contributed by atoms with Crippen LogP contribution in [0.5, 0.6) is 0 Å². The molecule has 2 nitrogen and oxygen atoms in total. The van der Waals surface area contributed by atoms with Gasteiger partial charge in [-0.05, 0) is 18.2 Å². The van der Waals surface area contributed by atoms with Crippen LogP contribution >= 0.6 is 15.9 Å². The number of aliphatic hydroxyl groups is 1. The Morgan fingerprint density at radius 3 is 2.86 bits per heavy atom. The molecule has 1 aromatic carbocycles. The molecule has 0 heterocycles. The lowest BCUT2D eigenvalue weighted by Crippen LogP contribution is -2.18. The fourth-order valence-corrected chi connectivity index (χ4v) is 1.75. The van der Waals surface area contributed by atoms with Crippen molar-refractivity contribution in [2.45, 2.75) is 6.61 Å². The van der Waals surface area contributed by atoms with Crippen molar-refractivity contribution in [3.63, 3.8) is 0 Å². The lowest BCUT2D eigenvalue weighted by molar-refractivity contribution is 0.282. The number of aliphatic hydroxyl groups excluding tert-OH is 1. The number of nitrogens with zero attached hydrogens (tertiary/aromatic N) is 1. The predicted octanol–water partition coefficient (Wildman–Crippen LogP) is 2.56. The third-order valence-corrected chi connectivity index (χ3v) is 2.52. The summed E-state index contributed by atoms with van der Waals surface area (Å²) in [4.78, 5) is 2.05. The van der Waals surface area contributed by atoms with Crippen LogP contribution in [0.25, 0.3) is 0 Å². The summed E-state index contributed by atoms with van der Waals surface area (Å²) in [5.41, 5.74) is 1.96. The minimum absolute atomic E-state index is 0.0518. The summed E-state index contributed by atoms with van der Waals surface area (Å²) < 4.78 is 0.984. The molecule has 0 unspecified atom stereocenters. The van der Waals surface area contributed by atoms with E-state index in [-0.39, 0.29) is 6.61 Å². The average molecular weight is 256 g/mol. The third kappa shape index (κ3) is 2.59. The Morgan fingerprint density at radius 2 is 2.29 bits per heavy atom. The average Bonchev–Trinajstić information content (AvgIpc) is 2.17. The first-order valence-corrected chi connectivity index (χ1v) is 5.19. The van der Waals surface area contributed by atoms with E-state index in [4.69, 9.17) is 0 Å². The molecule has 1 N–H and O–H groups in total. The van der Waals surface area contributed by atoms with Crippen LogP contribution in [-0.4, -0.2) is 18.7 Å². The molecule has 0 amide bonds. The van der Waals surface area contributed by atoms with Gasteiger partial charge in [-0.3, -0.25) is 0 Å². The van der Waals surface area contributed by atoms with Gasteiger partial charge in [0.1, 0.15) is 0 Å². The fraction of sp³-hybridized carbons (Fsp3) is 0.273. The summed E-state index contributed by atoms with van der Waals surface area (Å²) in [6.07, 6.45) is 1.84. The molecule has 0 bridgehead atoms. The van der Waals surface area contributed by atoms with Crippen LogP contribution in [0.15, 0.2) is 35.3 Å². The lowest BCUT2D eigenvalue weighted by Gasteiger charge is -2.20. The quantitative estimate of drug-likeness (QED) is 0.837. The summed E-state index contributed by atoms with van der Waals surface area (Å²) in [7, 11) is 1.98. The minimum Gasteiger partial charge on any atom is -0.392 e. The van der Waals surface area contributed by atoms with E-state index in [1.54, 1.807) is 0 Å². The normalized spacial score (nSPS) is 9.93. The summed E-state index contributed by atoms with van der Waals surface area (Å²) in [5, 5.41) is 9.19. The predicted molar refractivity (Wildman–Crippen MR) is 63.5 cm³/mol. The molecule has 0 aliphatic rings. The van der Waals surface area contributed by atoms with Crippen LogP contribution in [0, 0.1) is 0 Å². The highest BCUT2D eigenvalue weighted by Gasteiger charge is 2.05. The van der Waals surface area contributed by atoms with Crippen molar-refractivity contribution < 1.29 is 5.11 Å². The van der Waals surface area contributed by atoms with Crippen LogP contribution < -0.4 is 4.90 Å². The molecule has 0 aliphatic carbocycles. The first-order valence-electron chi connectivity index (χ1n) is 4.40. The molecule has 0 aromatic heterocycles. The second-order valence-electron chi connectivity index (χ2n) is 3.10. The number of likely N-dealkylation sites (N-methyl/N-ethyl adjacent to an activating group) is 1. The zero-order chi connectivity index (χ0) is 10.6. The highest BCUT2D eigenvalue weighted by atomic mass is 79.9. The van der Waals surface area contributed by atoms with Gasteiger partial charge in [0.2, 0.25) is 0 Å². The summed E-state index contributed by atoms with van der Waals surface area (Å²) in [5.74, 6) is 0. The van der Waals surface area contributed by atoms with Crippen molar-refractivity contribution in [2.75, 3.05) is 18.5 Å². The highest BCUT2D eigenvalue weighted by molar-refractivity contribution is 9.10. The smallest absolute Gasteiger partial charge is 0.0702 e. The molecule has 0 saturated heterocycles. The number of anilines is 1. The van der Waals surface area contributed by atoms with E-state index in [9.17, 15) is 5.11 Å². The molecular formula is C11H14BrNO. The molecule has 0 radical (unpaired) electrons. The van der Waals surface area contributed by atoms with E-state index in [2.05, 4.69) is 22.5 Å². The lowest BCUT2D eigenvalue weighted by atomic mass is 10.1. The number of hydrogen-bond acceptors (Lipinski definition) is 2. The Bertz CT molecular complexity index is 325. The van der Waals surface area contributed by atoms with E-state index >= 15 is 0 Å². The van der Waals surface area contributed by atoms with Gasteiger partial charge in [0.25, 0.3) is 0 Å². The van der Waals surface area contributed by atoms with E-state index in [1.807, 2.05) is 36.2 Å². The highest BCUT2D eigenvalue weighted by Crippen LogP contribution is 2.23. The van der Waals surface area contributed by atoms with E-state index < -0.39 is 0 Å². The monoisotopic (exact) mass is 255 g/mol. The second kappa shape index (κ2) is 5.17. The van der Waals surface area contributed by atoms with Crippen molar-refractivity contribution >= 4 is 21.6 Å². The van der Waals surface area contributed by atoms with Gasteiger partial charge in [-0.25, -0.2) is 0 Å². The van der Waals surface area contributed by atoms with Gasteiger partial charge in [0.05, 0.1) is 6.61 Å². The number of hydrogen-bond donors (Lipinski definition) is 1. The Balaban J connectivity index is 3.00. The molecule has 0 fully saturated rings. The van der Waals surface area contributed by atoms with Gasteiger partial charge >= 0.3 is 0 Å². The van der Waals surface area contributed by atoms with Crippen LogP contribution in [0.2, 0.25) is 0 Å². The summed E-state index contributed by atoms with van der Waals surface area (Å²) >= 11 is 3.38. The second-order valence-corrected chi connectivity index (χ2v) is 4.02. The number of halogens is 1. The number of benzene rings is 1. The SMILES string of the molecule is C=CCN(C)c1ccc(Br)cc1CO. The van der Waals surface area contributed by atoms with Crippen LogP contribution in [0.1, 0.15) is 5.56 Å². The van der Waals surface area contributed by atoms with E-state index in [1.165, 1.54) is 0 Å². The van der Waals surface area contributed by atoms with Gasteiger partial charge in [0.15, 0.2) is 0 Å². The summed E-state index contributed by atoms with van der Waals surface area (Å²) in [6.45, 7) is 4.51. The first-order chi connectivity index (χ1) is 6.69. The molecular weight excluding hydrogens is 242 g/mol. The van der Waals surface area contributed by atoms with Crippen molar-refractivity contribution in [3.8, 4) is 0 Å². The Morgan fingerprint density at radius 1 is 1.57 bits per heavy atom. The van der Waals surface area contributed by atoms with Crippen molar-refractivity contribution in [2.24, 2.45) is 0 Å². The van der Waals surface area contributed by atoms with Crippen LogP contribution in [0.3, 0.4) is 0 Å². The first kappa shape index (κ1) is 11.3. The third-order valence-electron chi connectivity index (χ3n) is 2.03. The maximum absolute atomic E-state index is 9.19. The van der Waals surface area contributed by atoms with Gasteiger partial charge in [-0.15, -0.1) is 6.58 Å². The zero-order valence-electron chi connectivity index (χ0n) is 8.20. The van der Waals surface area contributed by atoms with Gasteiger partial charge < -0.3 is 10.0 Å². The van der Waals surface area contributed by atoms with Crippen molar-refractivity contribution in [1.29, 1.82) is 0 Å². The molecule has 1 rings (SSSR count). The molecule has 0 saturated carbocycles. The fourth-order valence-electron chi connectivity index (χ4n) is 1.35. The Labute approximate surface area is 93.0 Å². The van der Waals surface area contributed by atoms with Crippen molar-refractivity contribution in [3.05, 3.63) is 40.9 Å². The molecule has 1 aromatic rings. The summed E-state index contributed by atoms with van der Waals surface area (Å²) in [6, 6.07) is 5.88. The maximum atomic E-state index is 9.19. The minimum atomic E-state index is 0.0518. The van der Waals surface area contributed by atoms with Crippen LogP contribution in [0.4, 0.5) is 5.69 Å². The number of rotatable bonds is 4. The molecule has 0 atom stereocenters. The van der Waals surface area contributed by atoms with E-state index in [0.29, 0.717) is 0 Å². The van der Waals surface area contributed by atoms with Gasteiger partial charge in [-0.1, -0.05) is 22.0 Å². The van der Waals surface area contributed by atoms with Crippen LogP contribution in [-0.2, 0) is 6.61 Å². The molecule has 0 aliphatic heterocycles. The van der Waals surface area contributed by atoms with Gasteiger partial charge in [0, 0.05) is 29.3 Å². The Kier molecular flexibility index (Phi) is 4.17.